The molecule has 0 bridgehead atoms. The maximum Gasteiger partial charge on any atom is 0.422 e. The fourth-order valence-electron chi connectivity index (χ4n) is 6.78. The molecule has 1 amide bonds. The van der Waals surface area contributed by atoms with Crippen LogP contribution >= 0.6 is 0 Å². The van der Waals surface area contributed by atoms with Crippen LogP contribution in [0.25, 0.3) is 21.5 Å². The van der Waals surface area contributed by atoms with Crippen LogP contribution in [0.15, 0.2) is 34.1 Å². The number of carbonyl (C=O) groups is 1. The zero-order chi connectivity index (χ0) is 41.5. The summed E-state index contributed by atoms with van der Waals surface area (Å²) in [5, 5.41) is 23.8. The van der Waals surface area contributed by atoms with Gasteiger partial charge in [-0.25, -0.2) is 20.4 Å². The Bertz CT molecular complexity index is 2290. The van der Waals surface area contributed by atoms with E-state index in [4.69, 9.17) is 9.47 Å². The highest BCUT2D eigenvalue weighted by Crippen LogP contribution is 2.30. The standard InChI is InChI=1S/C19H28N6O6S.C14H20N6O4S/c1-19(2,3)25(18(27)28)32(29,30)21-10-12-5-7-24(8-6-12)14-9-13-11-20-23-16(26)15(13)17(22-14)31-4;1-24-14-12-10(8-15-18-13(12)21)6-11(17-14)20-4-2-9(3-5-20)7-16-19-25(22)23/h9,11-12,21H,5-8,10H2,1-4H3,(H,23,26)(H,27,28);6,8-9,16,19H,2-5,7H2,1H3,(H,18,21)(H,22,23)/p-1. The van der Waals surface area contributed by atoms with Crippen molar-refractivity contribution < 1.29 is 36.6 Å². The minimum absolute atomic E-state index is 0.0449. The van der Waals surface area contributed by atoms with Crippen molar-refractivity contribution in [3.8, 4) is 11.8 Å². The molecule has 4 aromatic heterocycles. The molecule has 0 spiro atoms. The van der Waals surface area contributed by atoms with Gasteiger partial charge in [0.1, 0.15) is 22.4 Å². The van der Waals surface area contributed by atoms with Crippen molar-refractivity contribution in [1.82, 2.24) is 49.6 Å². The summed E-state index contributed by atoms with van der Waals surface area (Å²) in [7, 11) is -1.25. The summed E-state index contributed by atoms with van der Waals surface area (Å²) in [5.41, 5.74) is 0.884. The van der Waals surface area contributed by atoms with E-state index in [1.54, 1.807) is 12.3 Å². The molecule has 6 N–H and O–H groups in total. The molecule has 1 atom stereocenters. The summed E-state index contributed by atoms with van der Waals surface area (Å²) in [5.74, 6) is 2.30. The number of methoxy groups -OCH3 is 2. The Hall–Kier alpha value is -5.01. The third-order valence-electron chi connectivity index (χ3n) is 9.59. The number of hydrogen-bond donors (Lipinski definition) is 6. The molecule has 0 saturated carbocycles. The first kappa shape index (κ1) is 43.1. The first-order valence-corrected chi connectivity index (χ1v) is 20.5. The number of carboxylic acid groups (broad SMARTS) is 1. The molecule has 1 unspecified atom stereocenters. The number of anilines is 2. The lowest BCUT2D eigenvalue weighted by Crippen LogP contribution is -2.54. The van der Waals surface area contributed by atoms with Crippen LogP contribution in [-0.2, 0) is 21.5 Å². The Balaban J connectivity index is 0.000000224. The second-order valence-electron chi connectivity index (χ2n) is 14.5. The summed E-state index contributed by atoms with van der Waals surface area (Å²) in [6.07, 6.45) is 4.75. The number of nitrogens with zero attached hydrogens (tertiary/aromatic N) is 7. The molecule has 0 aromatic carbocycles. The number of ether oxygens (including phenoxy) is 2. The van der Waals surface area contributed by atoms with Gasteiger partial charge in [-0.15, -0.1) is 0 Å². The highest BCUT2D eigenvalue weighted by molar-refractivity contribution is 7.87. The molecule has 0 aliphatic carbocycles. The highest BCUT2D eigenvalue weighted by atomic mass is 32.2. The summed E-state index contributed by atoms with van der Waals surface area (Å²) in [6.45, 7) is 8.09. The number of amides is 1. The zero-order valence-electron chi connectivity index (χ0n) is 32.1. The smallest absolute Gasteiger partial charge is 0.422 e. The summed E-state index contributed by atoms with van der Waals surface area (Å²) < 4.78 is 59.4. The Morgan fingerprint density at radius 3 is 1.72 bits per heavy atom. The lowest BCUT2D eigenvalue weighted by molar-refractivity contribution is 0.145. The van der Waals surface area contributed by atoms with Gasteiger partial charge in [0.15, 0.2) is 0 Å². The van der Waals surface area contributed by atoms with Crippen LogP contribution in [0, 0.1) is 11.8 Å². The normalized spacial score (nSPS) is 16.2. The van der Waals surface area contributed by atoms with Gasteiger partial charge in [-0.3, -0.25) is 13.8 Å². The van der Waals surface area contributed by atoms with Gasteiger partial charge in [0.25, 0.3) is 11.1 Å². The molecule has 2 aliphatic heterocycles. The number of pyridine rings is 2. The summed E-state index contributed by atoms with van der Waals surface area (Å²) in [6, 6.07) is 3.61. The molecule has 312 valence electrons. The van der Waals surface area contributed by atoms with Gasteiger partial charge in [0.05, 0.1) is 32.2 Å². The SMILES string of the molecule is COc1nc(N2CCC(CNNS(=O)[O-])CC2)cc2cn[nH]c(=O)c12.COc1nc(N2CCC(CNS(=O)(=O)N(C(=O)O)C(C)(C)C)CC2)cc2cn[nH]c(=O)c12. The number of fused-ring (bicyclic) bond motifs is 2. The minimum atomic E-state index is -4.18. The summed E-state index contributed by atoms with van der Waals surface area (Å²) in [4.78, 5) is 50.7. The number of aromatic amines is 2. The van der Waals surface area contributed by atoms with E-state index in [0.29, 0.717) is 70.1 Å². The lowest BCUT2D eigenvalue weighted by Gasteiger charge is -2.35. The quantitative estimate of drug-likeness (QED) is 0.0841. The van der Waals surface area contributed by atoms with Crippen molar-refractivity contribution in [1.29, 1.82) is 0 Å². The maximum atomic E-state index is 12.5. The average Bonchev–Trinajstić information content (AvgIpc) is 3.16. The molecule has 2 aliphatic rings. The molecule has 2 fully saturated rings. The van der Waals surface area contributed by atoms with Gasteiger partial charge in [0, 0.05) is 61.3 Å². The highest BCUT2D eigenvalue weighted by Gasteiger charge is 2.37. The number of rotatable bonds is 12. The number of H-pyrrole nitrogens is 2. The van der Waals surface area contributed by atoms with Gasteiger partial charge in [-0.05, 0) is 70.4 Å². The fourth-order valence-corrected chi connectivity index (χ4v) is 8.48. The zero-order valence-corrected chi connectivity index (χ0v) is 33.7. The third-order valence-corrected chi connectivity index (χ3v) is 11.6. The second-order valence-corrected chi connectivity index (χ2v) is 16.7. The average molecular weight is 836 g/mol. The topological polar surface area (TPSA) is 293 Å². The predicted molar refractivity (Wildman–Crippen MR) is 210 cm³/mol. The fraction of sp³-hybridized carbons (Fsp3) is 0.545. The van der Waals surface area contributed by atoms with Crippen LogP contribution in [0.5, 0.6) is 11.8 Å². The van der Waals surface area contributed by atoms with Crippen molar-refractivity contribution in [2.45, 2.75) is 52.0 Å². The molecule has 24 heteroatoms. The molecule has 2 saturated heterocycles. The maximum absolute atomic E-state index is 12.5. The van der Waals surface area contributed by atoms with Crippen LogP contribution < -0.4 is 45.4 Å². The van der Waals surface area contributed by atoms with E-state index in [1.165, 1.54) is 41.2 Å². The first-order valence-electron chi connectivity index (χ1n) is 18.0. The number of nitrogens with one attached hydrogen (secondary N) is 5. The van der Waals surface area contributed by atoms with Crippen LogP contribution in [0.4, 0.5) is 16.4 Å². The molecular formula is C33H47N12O10S2-. The molecule has 57 heavy (non-hydrogen) atoms. The third kappa shape index (κ3) is 10.7. The number of hydrazine groups is 1. The van der Waals surface area contributed by atoms with Gasteiger partial charge in [-0.1, -0.05) is 0 Å². The molecule has 6 heterocycles. The number of aromatic nitrogens is 6. The van der Waals surface area contributed by atoms with Gasteiger partial charge >= 0.3 is 16.3 Å². The van der Waals surface area contributed by atoms with E-state index in [1.807, 2.05) is 11.0 Å². The van der Waals surface area contributed by atoms with Crippen LogP contribution in [-0.4, -0.2) is 122 Å². The molecule has 0 radical (unpaired) electrons. The number of piperidine rings is 2. The molecule has 4 aromatic rings. The predicted octanol–water partition coefficient (Wildman–Crippen LogP) is 0.587. The van der Waals surface area contributed by atoms with E-state index in [2.05, 4.69) is 50.2 Å². The molecule has 6 rings (SSSR count). The largest absolute Gasteiger partial charge is 0.759 e. The van der Waals surface area contributed by atoms with E-state index in [9.17, 15) is 36.7 Å². The van der Waals surface area contributed by atoms with Crippen molar-refractivity contribution in [3.63, 3.8) is 0 Å². The van der Waals surface area contributed by atoms with Gasteiger partial charge in [-0.2, -0.15) is 42.4 Å². The van der Waals surface area contributed by atoms with Gasteiger partial charge < -0.3 is 28.9 Å². The Labute approximate surface area is 330 Å². The summed E-state index contributed by atoms with van der Waals surface area (Å²) >= 11 is -2.31. The molecular weight excluding hydrogens is 789 g/mol. The van der Waals surface area contributed by atoms with Crippen molar-refractivity contribution >= 4 is 60.7 Å². The van der Waals surface area contributed by atoms with Crippen LogP contribution in [0.3, 0.4) is 0 Å². The monoisotopic (exact) mass is 835 g/mol. The van der Waals surface area contributed by atoms with E-state index in [-0.39, 0.29) is 35.3 Å². The molecule has 22 nitrogen and oxygen atoms in total. The second kappa shape index (κ2) is 18.5. The van der Waals surface area contributed by atoms with Crippen LogP contribution in [0.2, 0.25) is 0 Å². The van der Waals surface area contributed by atoms with Crippen molar-refractivity contribution in [2.24, 2.45) is 11.8 Å². The Morgan fingerprint density at radius 2 is 1.33 bits per heavy atom. The van der Waals surface area contributed by atoms with E-state index in [0.717, 1.165) is 31.7 Å². The van der Waals surface area contributed by atoms with Crippen molar-refractivity contribution in [2.75, 3.05) is 63.3 Å². The number of hydrogen-bond acceptors (Lipinski definition) is 16. The van der Waals surface area contributed by atoms with E-state index >= 15 is 0 Å². The Morgan fingerprint density at radius 1 is 0.895 bits per heavy atom. The van der Waals surface area contributed by atoms with Crippen molar-refractivity contribution in [3.05, 3.63) is 45.2 Å². The van der Waals surface area contributed by atoms with Crippen LogP contribution in [0.1, 0.15) is 46.5 Å². The van der Waals surface area contributed by atoms with E-state index < -0.39 is 33.1 Å². The van der Waals surface area contributed by atoms with Gasteiger partial charge in [0.2, 0.25) is 11.8 Å². The minimum Gasteiger partial charge on any atom is -0.759 e. The first-order chi connectivity index (χ1) is 27.0. The Kier molecular flexibility index (Phi) is 14.0. The lowest BCUT2D eigenvalue weighted by atomic mass is 9.97.